The van der Waals surface area contributed by atoms with Crippen molar-refractivity contribution >= 4 is 15.9 Å². The van der Waals surface area contributed by atoms with E-state index in [0.717, 1.165) is 19.6 Å². The fraction of sp³-hybridized carbons (Fsp3) is 0.333. The summed E-state index contributed by atoms with van der Waals surface area (Å²) >= 11 is 3.67. The van der Waals surface area contributed by atoms with Gasteiger partial charge < -0.3 is 5.32 Å². The summed E-state index contributed by atoms with van der Waals surface area (Å²) in [5.41, 5.74) is 2.75. The standard InChI is InChI=1S/C18H21BrN2/c1-14-12-21(13-16-9-5-6-10-17(16)19)18(11-20-14)15-7-3-2-4-8-15/h2-10,14,18,20H,11-13H2,1H3. The SMILES string of the molecule is CC1CN(Cc2ccccc2Br)C(c2ccccc2)CN1. The first-order valence-corrected chi connectivity index (χ1v) is 8.29. The van der Waals surface area contributed by atoms with Gasteiger partial charge in [0.15, 0.2) is 0 Å². The van der Waals surface area contributed by atoms with Crippen LogP contribution in [0.5, 0.6) is 0 Å². The number of piperazine rings is 1. The van der Waals surface area contributed by atoms with Crippen LogP contribution in [-0.4, -0.2) is 24.0 Å². The molecule has 1 saturated heterocycles. The highest BCUT2D eigenvalue weighted by Crippen LogP contribution is 2.27. The smallest absolute Gasteiger partial charge is 0.0476 e. The Hall–Kier alpha value is -1.16. The summed E-state index contributed by atoms with van der Waals surface area (Å²) in [5, 5.41) is 3.61. The average Bonchev–Trinajstić information content (AvgIpc) is 2.51. The van der Waals surface area contributed by atoms with Gasteiger partial charge in [-0.1, -0.05) is 64.5 Å². The van der Waals surface area contributed by atoms with Gasteiger partial charge in [0.05, 0.1) is 0 Å². The van der Waals surface area contributed by atoms with E-state index < -0.39 is 0 Å². The molecule has 1 heterocycles. The van der Waals surface area contributed by atoms with E-state index in [1.165, 1.54) is 15.6 Å². The molecule has 0 aromatic heterocycles. The predicted octanol–water partition coefficient (Wildman–Crippen LogP) is 3.98. The normalized spacial score (nSPS) is 23.1. The first-order chi connectivity index (χ1) is 10.2. The topological polar surface area (TPSA) is 15.3 Å². The highest BCUT2D eigenvalue weighted by atomic mass is 79.9. The van der Waals surface area contributed by atoms with Crippen molar-refractivity contribution in [2.45, 2.75) is 25.6 Å². The summed E-state index contributed by atoms with van der Waals surface area (Å²) in [4.78, 5) is 2.58. The monoisotopic (exact) mass is 344 g/mol. The van der Waals surface area contributed by atoms with Crippen molar-refractivity contribution in [3.63, 3.8) is 0 Å². The zero-order valence-corrected chi connectivity index (χ0v) is 13.9. The minimum atomic E-state index is 0.439. The van der Waals surface area contributed by atoms with Crippen molar-refractivity contribution in [3.05, 3.63) is 70.2 Å². The summed E-state index contributed by atoms with van der Waals surface area (Å²) in [7, 11) is 0. The van der Waals surface area contributed by atoms with Gasteiger partial charge in [-0.25, -0.2) is 0 Å². The van der Waals surface area contributed by atoms with Gasteiger partial charge in [-0.05, 0) is 24.1 Å². The largest absolute Gasteiger partial charge is 0.311 e. The van der Waals surface area contributed by atoms with Gasteiger partial charge in [-0.2, -0.15) is 0 Å². The number of halogens is 1. The van der Waals surface area contributed by atoms with E-state index in [2.05, 4.69) is 87.7 Å². The first-order valence-electron chi connectivity index (χ1n) is 7.50. The molecule has 0 saturated carbocycles. The second-order valence-electron chi connectivity index (χ2n) is 5.76. The lowest BCUT2D eigenvalue weighted by atomic mass is 10.0. The van der Waals surface area contributed by atoms with E-state index in [0.29, 0.717) is 12.1 Å². The van der Waals surface area contributed by atoms with Crippen LogP contribution in [0.1, 0.15) is 24.1 Å². The van der Waals surface area contributed by atoms with Crippen LogP contribution in [0.15, 0.2) is 59.1 Å². The maximum Gasteiger partial charge on any atom is 0.0476 e. The van der Waals surface area contributed by atoms with Crippen LogP contribution in [0.2, 0.25) is 0 Å². The van der Waals surface area contributed by atoms with Crippen molar-refractivity contribution in [1.29, 1.82) is 0 Å². The molecule has 3 rings (SSSR count). The molecule has 2 nitrogen and oxygen atoms in total. The number of nitrogens with one attached hydrogen (secondary N) is 1. The molecule has 1 fully saturated rings. The average molecular weight is 345 g/mol. The van der Waals surface area contributed by atoms with Gasteiger partial charge in [-0.3, -0.25) is 4.90 Å². The van der Waals surface area contributed by atoms with Crippen molar-refractivity contribution in [2.24, 2.45) is 0 Å². The lowest BCUT2D eigenvalue weighted by Crippen LogP contribution is -2.50. The van der Waals surface area contributed by atoms with Gasteiger partial charge in [0.25, 0.3) is 0 Å². The van der Waals surface area contributed by atoms with Crippen LogP contribution in [0.25, 0.3) is 0 Å². The van der Waals surface area contributed by atoms with Crippen molar-refractivity contribution < 1.29 is 0 Å². The van der Waals surface area contributed by atoms with Crippen LogP contribution >= 0.6 is 15.9 Å². The predicted molar refractivity (Wildman–Crippen MR) is 91.2 cm³/mol. The van der Waals surface area contributed by atoms with Gasteiger partial charge >= 0.3 is 0 Å². The van der Waals surface area contributed by atoms with E-state index in [4.69, 9.17) is 0 Å². The lowest BCUT2D eigenvalue weighted by Gasteiger charge is -2.40. The van der Waals surface area contributed by atoms with Gasteiger partial charge in [0, 0.05) is 36.2 Å². The molecular weight excluding hydrogens is 324 g/mol. The Balaban J connectivity index is 1.84. The van der Waals surface area contributed by atoms with Gasteiger partial charge in [0.2, 0.25) is 0 Å². The van der Waals surface area contributed by atoms with Crippen LogP contribution in [0.3, 0.4) is 0 Å². The molecule has 0 radical (unpaired) electrons. The molecule has 0 aliphatic carbocycles. The summed E-state index contributed by atoms with van der Waals surface area (Å²) in [6.45, 7) is 5.32. The van der Waals surface area contributed by atoms with Crippen molar-refractivity contribution in [3.8, 4) is 0 Å². The first kappa shape index (κ1) is 14.8. The van der Waals surface area contributed by atoms with Crippen molar-refractivity contribution in [2.75, 3.05) is 13.1 Å². The maximum atomic E-state index is 3.67. The minimum Gasteiger partial charge on any atom is -0.311 e. The molecule has 2 unspecified atom stereocenters. The molecule has 0 amide bonds. The molecule has 1 aliphatic heterocycles. The number of benzene rings is 2. The van der Waals surface area contributed by atoms with E-state index in [1.54, 1.807) is 0 Å². The summed E-state index contributed by atoms with van der Waals surface area (Å²) in [6, 6.07) is 20.3. The Kier molecular flexibility index (Phi) is 4.73. The highest BCUT2D eigenvalue weighted by Gasteiger charge is 2.27. The minimum absolute atomic E-state index is 0.439. The molecule has 1 N–H and O–H groups in total. The van der Waals surface area contributed by atoms with Crippen LogP contribution in [-0.2, 0) is 6.54 Å². The summed E-state index contributed by atoms with van der Waals surface area (Å²) in [6.07, 6.45) is 0. The lowest BCUT2D eigenvalue weighted by molar-refractivity contribution is 0.127. The van der Waals surface area contributed by atoms with Gasteiger partial charge in [0.1, 0.15) is 0 Å². The second-order valence-corrected chi connectivity index (χ2v) is 6.61. The molecule has 110 valence electrons. The molecule has 2 aromatic rings. The van der Waals surface area contributed by atoms with Crippen molar-refractivity contribution in [1.82, 2.24) is 10.2 Å². The molecular formula is C18H21BrN2. The molecule has 2 atom stereocenters. The van der Waals surface area contributed by atoms with E-state index in [-0.39, 0.29) is 0 Å². The Morgan fingerprint density at radius 2 is 1.81 bits per heavy atom. The molecule has 3 heteroatoms. The summed E-state index contributed by atoms with van der Waals surface area (Å²) < 4.78 is 1.20. The van der Waals surface area contributed by atoms with E-state index >= 15 is 0 Å². The molecule has 0 spiro atoms. The summed E-state index contributed by atoms with van der Waals surface area (Å²) in [5.74, 6) is 0. The van der Waals surface area contributed by atoms with E-state index in [1.807, 2.05) is 0 Å². The molecule has 1 aliphatic rings. The zero-order chi connectivity index (χ0) is 14.7. The number of hydrogen-bond acceptors (Lipinski definition) is 2. The molecule has 2 aromatic carbocycles. The van der Waals surface area contributed by atoms with E-state index in [9.17, 15) is 0 Å². The second kappa shape index (κ2) is 6.73. The van der Waals surface area contributed by atoms with Crippen LogP contribution in [0.4, 0.5) is 0 Å². The van der Waals surface area contributed by atoms with Gasteiger partial charge in [-0.15, -0.1) is 0 Å². The third kappa shape index (κ3) is 3.54. The number of hydrogen-bond donors (Lipinski definition) is 1. The number of nitrogens with zero attached hydrogens (tertiary/aromatic N) is 1. The Morgan fingerprint density at radius 3 is 2.57 bits per heavy atom. The van der Waals surface area contributed by atoms with Crippen LogP contribution < -0.4 is 5.32 Å². The zero-order valence-electron chi connectivity index (χ0n) is 12.3. The maximum absolute atomic E-state index is 3.67. The molecule has 21 heavy (non-hydrogen) atoms. The third-order valence-corrected chi connectivity index (χ3v) is 4.90. The quantitative estimate of drug-likeness (QED) is 0.905. The Bertz CT molecular complexity index is 585. The third-order valence-electron chi connectivity index (χ3n) is 4.12. The Labute approximate surface area is 135 Å². The Morgan fingerprint density at radius 1 is 1.10 bits per heavy atom. The highest BCUT2D eigenvalue weighted by molar-refractivity contribution is 9.10. The molecule has 0 bridgehead atoms. The van der Waals surface area contributed by atoms with Crippen LogP contribution in [0, 0.1) is 0 Å². The fourth-order valence-corrected chi connectivity index (χ4v) is 3.42. The number of rotatable bonds is 3. The fourth-order valence-electron chi connectivity index (χ4n) is 3.01.